The molecule has 8 nitrogen and oxygen atoms in total. The molecule has 0 radical (unpaired) electrons. The average Bonchev–Trinajstić information content (AvgIpc) is 3.29. The number of ether oxygens (including phenoxy) is 1. The summed E-state index contributed by atoms with van der Waals surface area (Å²) in [5.74, 6) is 1.28. The molecule has 0 saturated carbocycles. The fourth-order valence-corrected chi connectivity index (χ4v) is 5.60. The lowest BCUT2D eigenvalue weighted by Crippen LogP contribution is -2.42. The SMILES string of the molecule is O=C1NC(c2cccc3c2CC(=CCCN2CCC(O)(c4ccc(Cl)cc4)CC2)c2cccnc2O3)NO1. The summed E-state index contributed by atoms with van der Waals surface area (Å²) in [6, 6.07) is 17.3. The van der Waals surface area contributed by atoms with Gasteiger partial charge in [-0.2, -0.15) is 0 Å². The molecule has 4 heterocycles. The molecule has 3 aliphatic heterocycles. The number of allylic oxidation sites excluding steroid dienone is 1. The van der Waals surface area contributed by atoms with E-state index in [-0.39, 0.29) is 0 Å². The van der Waals surface area contributed by atoms with E-state index >= 15 is 0 Å². The van der Waals surface area contributed by atoms with E-state index in [1.807, 2.05) is 54.6 Å². The molecule has 0 aliphatic carbocycles. The lowest BCUT2D eigenvalue weighted by atomic mass is 9.84. The fourth-order valence-electron chi connectivity index (χ4n) is 5.47. The van der Waals surface area contributed by atoms with Gasteiger partial charge >= 0.3 is 6.09 Å². The summed E-state index contributed by atoms with van der Waals surface area (Å²) >= 11 is 6.03. The molecular weight excluding hydrogens is 504 g/mol. The molecule has 38 heavy (non-hydrogen) atoms. The van der Waals surface area contributed by atoms with Crippen molar-refractivity contribution in [3.8, 4) is 11.6 Å². The van der Waals surface area contributed by atoms with Crippen LogP contribution in [0.5, 0.6) is 11.6 Å². The molecule has 3 N–H and O–H groups in total. The molecule has 1 atom stereocenters. The highest BCUT2D eigenvalue weighted by atomic mass is 35.5. The number of aliphatic hydroxyl groups is 1. The number of aromatic nitrogens is 1. The van der Waals surface area contributed by atoms with Crippen molar-refractivity contribution in [1.82, 2.24) is 20.7 Å². The summed E-state index contributed by atoms with van der Waals surface area (Å²) in [6.07, 6.45) is 5.88. The van der Waals surface area contributed by atoms with Crippen LogP contribution in [0.2, 0.25) is 5.02 Å². The highest BCUT2D eigenvalue weighted by Crippen LogP contribution is 2.41. The molecule has 3 aliphatic rings. The van der Waals surface area contributed by atoms with Crippen LogP contribution in [0.25, 0.3) is 5.57 Å². The Kier molecular flexibility index (Phi) is 6.80. The van der Waals surface area contributed by atoms with E-state index in [0.717, 1.165) is 53.9 Å². The van der Waals surface area contributed by atoms with Crippen molar-refractivity contribution in [1.29, 1.82) is 0 Å². The van der Waals surface area contributed by atoms with E-state index in [9.17, 15) is 9.90 Å². The number of rotatable bonds is 5. The van der Waals surface area contributed by atoms with Gasteiger partial charge in [0, 0.05) is 48.4 Å². The molecule has 9 heteroatoms. The van der Waals surface area contributed by atoms with Crippen LogP contribution in [-0.2, 0) is 16.9 Å². The third kappa shape index (κ3) is 5.00. The van der Waals surface area contributed by atoms with E-state index in [1.165, 1.54) is 0 Å². The Bertz CT molecular complexity index is 1370. The van der Waals surface area contributed by atoms with Gasteiger partial charge in [-0.15, -0.1) is 5.48 Å². The van der Waals surface area contributed by atoms with Crippen LogP contribution >= 0.6 is 11.6 Å². The maximum atomic E-state index is 11.7. The molecule has 2 fully saturated rings. The number of halogens is 1. The van der Waals surface area contributed by atoms with E-state index in [4.69, 9.17) is 21.2 Å². The number of amides is 1. The number of likely N-dealkylation sites (tertiary alicyclic amines) is 1. The van der Waals surface area contributed by atoms with Crippen molar-refractivity contribution in [2.75, 3.05) is 19.6 Å². The van der Waals surface area contributed by atoms with Gasteiger partial charge in [0.1, 0.15) is 11.9 Å². The number of nitrogens with one attached hydrogen (secondary N) is 2. The number of pyridine rings is 1. The Morgan fingerprint density at radius 3 is 2.71 bits per heavy atom. The van der Waals surface area contributed by atoms with Crippen LogP contribution in [0.3, 0.4) is 0 Å². The third-order valence-electron chi connectivity index (χ3n) is 7.60. The lowest BCUT2D eigenvalue weighted by Gasteiger charge is -2.38. The number of benzene rings is 2. The molecule has 0 spiro atoms. The average molecular weight is 533 g/mol. The number of carbonyl (C=O) groups is 1. The highest BCUT2D eigenvalue weighted by molar-refractivity contribution is 6.30. The maximum Gasteiger partial charge on any atom is 0.427 e. The second kappa shape index (κ2) is 10.4. The monoisotopic (exact) mass is 532 g/mol. The Morgan fingerprint density at radius 1 is 1.13 bits per heavy atom. The quantitative estimate of drug-likeness (QED) is 0.421. The molecule has 6 rings (SSSR count). The minimum atomic E-state index is -0.809. The first-order chi connectivity index (χ1) is 18.5. The molecule has 1 amide bonds. The third-order valence-corrected chi connectivity index (χ3v) is 7.86. The van der Waals surface area contributed by atoms with Crippen molar-refractivity contribution in [3.63, 3.8) is 0 Å². The van der Waals surface area contributed by atoms with Crippen molar-refractivity contribution in [2.45, 2.75) is 37.5 Å². The Hall–Kier alpha value is -3.43. The van der Waals surface area contributed by atoms with E-state index in [1.54, 1.807) is 6.20 Å². The molecule has 1 unspecified atom stereocenters. The summed E-state index contributed by atoms with van der Waals surface area (Å²) in [5.41, 5.74) is 6.83. The number of hydrogen-bond donors (Lipinski definition) is 3. The minimum Gasteiger partial charge on any atom is -0.438 e. The van der Waals surface area contributed by atoms with Crippen LogP contribution < -0.4 is 15.5 Å². The molecule has 2 aromatic carbocycles. The van der Waals surface area contributed by atoms with E-state index in [2.05, 4.69) is 26.8 Å². The molecule has 1 aromatic heterocycles. The largest absolute Gasteiger partial charge is 0.438 e. The Balaban J connectivity index is 1.18. The Labute approximate surface area is 226 Å². The van der Waals surface area contributed by atoms with Gasteiger partial charge in [-0.3, -0.25) is 5.32 Å². The highest BCUT2D eigenvalue weighted by Gasteiger charge is 2.34. The first-order valence-corrected chi connectivity index (χ1v) is 13.2. The smallest absolute Gasteiger partial charge is 0.427 e. The summed E-state index contributed by atoms with van der Waals surface area (Å²) in [5, 5.41) is 14.7. The fraction of sp³-hybridized carbons (Fsp3) is 0.310. The summed E-state index contributed by atoms with van der Waals surface area (Å²) in [7, 11) is 0. The van der Waals surface area contributed by atoms with Gasteiger partial charge < -0.3 is 19.6 Å². The maximum absolute atomic E-state index is 11.7. The number of carbonyl (C=O) groups excluding carboxylic acids is 1. The predicted octanol–water partition coefficient (Wildman–Crippen LogP) is 5.08. The summed E-state index contributed by atoms with van der Waals surface area (Å²) in [6.45, 7) is 2.53. The molecule has 0 bridgehead atoms. The van der Waals surface area contributed by atoms with Gasteiger partial charge in [-0.1, -0.05) is 41.9 Å². The Morgan fingerprint density at radius 2 is 1.95 bits per heavy atom. The van der Waals surface area contributed by atoms with Gasteiger partial charge in [-0.05, 0) is 66.3 Å². The van der Waals surface area contributed by atoms with Gasteiger partial charge in [-0.25, -0.2) is 9.78 Å². The van der Waals surface area contributed by atoms with Gasteiger partial charge in [0.15, 0.2) is 0 Å². The number of piperidine rings is 1. The molecular formula is C29H29ClN4O4. The molecule has 2 saturated heterocycles. The van der Waals surface area contributed by atoms with Gasteiger partial charge in [0.05, 0.1) is 5.60 Å². The number of fused-ring (bicyclic) bond motifs is 2. The normalized spacial score (nSPS) is 21.6. The predicted molar refractivity (Wildman–Crippen MR) is 144 cm³/mol. The number of hydrogen-bond acceptors (Lipinski definition) is 7. The van der Waals surface area contributed by atoms with Crippen LogP contribution in [0.15, 0.2) is 66.9 Å². The zero-order valence-electron chi connectivity index (χ0n) is 20.8. The van der Waals surface area contributed by atoms with Crippen LogP contribution in [-0.4, -0.2) is 40.7 Å². The van der Waals surface area contributed by atoms with Gasteiger partial charge in [0.25, 0.3) is 0 Å². The summed E-state index contributed by atoms with van der Waals surface area (Å²) in [4.78, 5) is 23.5. The van der Waals surface area contributed by atoms with Crippen LogP contribution in [0.1, 0.15) is 47.7 Å². The van der Waals surface area contributed by atoms with Crippen molar-refractivity contribution >= 4 is 23.3 Å². The molecule has 3 aromatic rings. The van der Waals surface area contributed by atoms with Gasteiger partial charge in [0.2, 0.25) is 5.88 Å². The first kappa shape index (κ1) is 24.9. The standard InChI is InChI=1S/C29H29ClN4O4/c30-21-10-8-20(9-11-21)29(36)12-16-34(17-13-29)15-3-4-19-18-24-23(26-32-28(35)38-33-26)5-1-7-25(24)37-27-22(19)6-2-14-31-27/h1-2,4-11,14,26,33,36H,3,12-13,15-18H2,(H,32,35). The number of nitrogens with zero attached hydrogens (tertiary/aromatic N) is 2. The van der Waals surface area contributed by atoms with Crippen LogP contribution in [0.4, 0.5) is 4.79 Å². The van der Waals surface area contributed by atoms with E-state index in [0.29, 0.717) is 35.9 Å². The van der Waals surface area contributed by atoms with Crippen molar-refractivity contribution in [3.05, 3.63) is 94.1 Å². The van der Waals surface area contributed by atoms with Crippen LogP contribution in [0, 0.1) is 0 Å². The zero-order chi connectivity index (χ0) is 26.1. The number of hydroxylamine groups is 1. The zero-order valence-corrected chi connectivity index (χ0v) is 21.6. The second-order valence-electron chi connectivity index (χ2n) is 9.94. The van der Waals surface area contributed by atoms with E-state index < -0.39 is 17.9 Å². The second-order valence-corrected chi connectivity index (χ2v) is 10.4. The summed E-state index contributed by atoms with van der Waals surface area (Å²) < 4.78 is 6.25. The van der Waals surface area contributed by atoms with Crippen molar-refractivity contribution < 1.29 is 19.5 Å². The minimum absolute atomic E-state index is 0.454. The van der Waals surface area contributed by atoms with Crippen molar-refractivity contribution in [2.24, 2.45) is 0 Å². The topological polar surface area (TPSA) is 96.0 Å². The molecule has 196 valence electrons. The first-order valence-electron chi connectivity index (χ1n) is 12.9. The lowest BCUT2D eigenvalue weighted by molar-refractivity contribution is -0.0254.